The van der Waals surface area contributed by atoms with Gasteiger partial charge in [-0.2, -0.15) is 0 Å². The van der Waals surface area contributed by atoms with Crippen LogP contribution in [0.2, 0.25) is 5.02 Å². The van der Waals surface area contributed by atoms with E-state index in [0.717, 1.165) is 6.07 Å². The number of halogens is 3. The highest BCUT2D eigenvalue weighted by molar-refractivity contribution is 6.30. The van der Waals surface area contributed by atoms with Crippen LogP contribution in [0.3, 0.4) is 0 Å². The molecule has 3 nitrogen and oxygen atoms in total. The van der Waals surface area contributed by atoms with Crippen LogP contribution in [0.25, 0.3) is 0 Å². The lowest BCUT2D eigenvalue weighted by Gasteiger charge is -2.15. The number of ether oxygens (including phenoxy) is 1. The van der Waals surface area contributed by atoms with Gasteiger partial charge in [-0.05, 0) is 24.6 Å². The Labute approximate surface area is 102 Å². The molecule has 1 rings (SSSR count). The smallest absolute Gasteiger partial charge is 0.343 e. The van der Waals surface area contributed by atoms with Crippen LogP contribution in [0.1, 0.15) is 18.6 Å². The van der Waals surface area contributed by atoms with Gasteiger partial charge < -0.3 is 9.84 Å². The SMILES string of the molecule is CCOC(=O)C(F)C(O)c1ccc(Cl)c(F)c1. The highest BCUT2D eigenvalue weighted by atomic mass is 35.5. The Kier molecular flexibility index (Phi) is 4.84. The third-order valence-corrected chi connectivity index (χ3v) is 2.38. The van der Waals surface area contributed by atoms with Crippen LogP contribution in [-0.2, 0) is 9.53 Å². The summed E-state index contributed by atoms with van der Waals surface area (Å²) in [5, 5.41) is 9.37. The molecule has 0 amide bonds. The number of hydrogen-bond donors (Lipinski definition) is 1. The minimum Gasteiger partial charge on any atom is -0.464 e. The topological polar surface area (TPSA) is 46.5 Å². The van der Waals surface area contributed by atoms with Gasteiger partial charge in [0.1, 0.15) is 11.9 Å². The summed E-state index contributed by atoms with van der Waals surface area (Å²) in [5.41, 5.74) is -0.0764. The summed E-state index contributed by atoms with van der Waals surface area (Å²) in [5.74, 6) is -1.98. The summed E-state index contributed by atoms with van der Waals surface area (Å²) in [6, 6.07) is 3.29. The van der Waals surface area contributed by atoms with Gasteiger partial charge >= 0.3 is 5.97 Å². The molecular weight excluding hydrogens is 254 g/mol. The first-order chi connectivity index (χ1) is 7.97. The molecule has 0 heterocycles. The van der Waals surface area contributed by atoms with Crippen molar-refractivity contribution in [3.8, 4) is 0 Å². The molecule has 0 saturated carbocycles. The Balaban J connectivity index is 2.84. The molecule has 2 unspecified atom stereocenters. The first-order valence-electron chi connectivity index (χ1n) is 4.91. The molecule has 1 aromatic rings. The molecular formula is C11H11ClF2O3. The second-order valence-corrected chi connectivity index (χ2v) is 3.68. The van der Waals surface area contributed by atoms with Gasteiger partial charge in [0.15, 0.2) is 0 Å². The van der Waals surface area contributed by atoms with E-state index in [9.17, 15) is 18.7 Å². The maximum atomic E-state index is 13.4. The van der Waals surface area contributed by atoms with E-state index in [2.05, 4.69) is 4.74 Å². The second-order valence-electron chi connectivity index (χ2n) is 3.27. The van der Waals surface area contributed by atoms with Crippen LogP contribution in [-0.4, -0.2) is 23.9 Å². The van der Waals surface area contributed by atoms with Gasteiger partial charge in [-0.1, -0.05) is 17.7 Å². The third kappa shape index (κ3) is 3.38. The van der Waals surface area contributed by atoms with Gasteiger partial charge in [-0.25, -0.2) is 13.6 Å². The average molecular weight is 265 g/mol. The number of aliphatic hydroxyl groups is 1. The highest BCUT2D eigenvalue weighted by Gasteiger charge is 2.29. The van der Waals surface area contributed by atoms with Crippen molar-refractivity contribution in [1.29, 1.82) is 0 Å². The van der Waals surface area contributed by atoms with Crippen molar-refractivity contribution < 1.29 is 23.4 Å². The van der Waals surface area contributed by atoms with Crippen molar-refractivity contribution >= 4 is 17.6 Å². The van der Waals surface area contributed by atoms with E-state index in [-0.39, 0.29) is 17.2 Å². The summed E-state index contributed by atoms with van der Waals surface area (Å²) in [6.07, 6.45) is -4.03. The van der Waals surface area contributed by atoms with Gasteiger partial charge in [0.2, 0.25) is 6.17 Å². The van der Waals surface area contributed by atoms with Crippen LogP contribution in [0.5, 0.6) is 0 Å². The summed E-state index contributed by atoms with van der Waals surface area (Å²) < 4.78 is 30.9. The van der Waals surface area contributed by atoms with Crippen LogP contribution >= 0.6 is 11.6 Å². The van der Waals surface area contributed by atoms with Crippen molar-refractivity contribution in [3.05, 3.63) is 34.6 Å². The first-order valence-corrected chi connectivity index (χ1v) is 5.29. The standard InChI is InChI=1S/C11H11ClF2O3/c1-2-17-11(16)9(14)10(15)6-3-4-7(12)8(13)5-6/h3-5,9-10,15H,2H2,1H3. The molecule has 1 aromatic carbocycles. The molecule has 0 fully saturated rings. The van der Waals surface area contributed by atoms with Gasteiger partial charge in [0.05, 0.1) is 11.6 Å². The molecule has 0 radical (unpaired) electrons. The van der Waals surface area contributed by atoms with Gasteiger partial charge in [0, 0.05) is 0 Å². The van der Waals surface area contributed by atoms with Crippen molar-refractivity contribution in [2.75, 3.05) is 6.61 Å². The van der Waals surface area contributed by atoms with Crippen molar-refractivity contribution in [2.45, 2.75) is 19.2 Å². The number of hydrogen-bond acceptors (Lipinski definition) is 3. The molecule has 6 heteroatoms. The molecule has 0 spiro atoms. The average Bonchev–Trinajstić information content (AvgIpc) is 2.31. The van der Waals surface area contributed by atoms with Crippen LogP contribution in [0, 0.1) is 5.82 Å². The maximum absolute atomic E-state index is 13.4. The van der Waals surface area contributed by atoms with E-state index in [1.54, 1.807) is 0 Å². The summed E-state index contributed by atoms with van der Waals surface area (Å²) in [7, 11) is 0. The number of alkyl halides is 1. The van der Waals surface area contributed by atoms with Crippen molar-refractivity contribution in [3.63, 3.8) is 0 Å². The molecule has 0 bridgehead atoms. The third-order valence-electron chi connectivity index (χ3n) is 2.07. The van der Waals surface area contributed by atoms with E-state index in [0.29, 0.717) is 0 Å². The van der Waals surface area contributed by atoms with Crippen molar-refractivity contribution in [1.82, 2.24) is 0 Å². The number of carbonyl (C=O) groups is 1. The fraction of sp³-hybridized carbons (Fsp3) is 0.364. The fourth-order valence-electron chi connectivity index (χ4n) is 1.22. The van der Waals surface area contributed by atoms with Crippen LogP contribution < -0.4 is 0 Å². The maximum Gasteiger partial charge on any atom is 0.343 e. The van der Waals surface area contributed by atoms with Gasteiger partial charge in [0.25, 0.3) is 0 Å². The Hall–Kier alpha value is -1.20. The zero-order valence-corrected chi connectivity index (χ0v) is 9.75. The zero-order chi connectivity index (χ0) is 13.0. The lowest BCUT2D eigenvalue weighted by atomic mass is 10.1. The van der Waals surface area contributed by atoms with Crippen LogP contribution in [0.4, 0.5) is 8.78 Å². The summed E-state index contributed by atoms with van der Waals surface area (Å²) in [6.45, 7) is 1.51. The van der Waals surface area contributed by atoms with E-state index < -0.39 is 24.1 Å². The molecule has 0 aliphatic rings. The van der Waals surface area contributed by atoms with Gasteiger partial charge in [-0.3, -0.25) is 0 Å². The highest BCUT2D eigenvalue weighted by Crippen LogP contribution is 2.24. The molecule has 94 valence electrons. The van der Waals surface area contributed by atoms with Crippen LogP contribution in [0.15, 0.2) is 18.2 Å². The second kappa shape index (κ2) is 5.93. The molecule has 0 aromatic heterocycles. The molecule has 2 atom stereocenters. The predicted molar refractivity (Wildman–Crippen MR) is 57.9 cm³/mol. The largest absolute Gasteiger partial charge is 0.464 e. The number of aliphatic hydroxyl groups excluding tert-OH is 1. The minimum absolute atomic E-state index is 0.000945. The fourth-order valence-corrected chi connectivity index (χ4v) is 1.33. The quantitative estimate of drug-likeness (QED) is 0.850. The monoisotopic (exact) mass is 264 g/mol. The predicted octanol–water partition coefficient (Wildman–Crippen LogP) is 2.41. The number of benzene rings is 1. The van der Waals surface area contributed by atoms with Crippen molar-refractivity contribution in [2.24, 2.45) is 0 Å². The molecule has 0 aliphatic heterocycles. The molecule has 1 N–H and O–H groups in total. The summed E-state index contributed by atoms with van der Waals surface area (Å²) >= 11 is 5.44. The number of carbonyl (C=O) groups excluding carboxylic acids is 1. The van der Waals surface area contributed by atoms with E-state index >= 15 is 0 Å². The number of esters is 1. The summed E-state index contributed by atoms with van der Waals surface area (Å²) in [4.78, 5) is 11.0. The zero-order valence-electron chi connectivity index (χ0n) is 8.99. The first kappa shape index (κ1) is 13.9. The molecule has 0 aliphatic carbocycles. The van der Waals surface area contributed by atoms with E-state index in [4.69, 9.17) is 11.6 Å². The Bertz CT molecular complexity index is 412. The molecule has 17 heavy (non-hydrogen) atoms. The number of rotatable bonds is 4. The lowest BCUT2D eigenvalue weighted by Crippen LogP contribution is -2.26. The Morgan fingerprint density at radius 2 is 2.24 bits per heavy atom. The lowest BCUT2D eigenvalue weighted by molar-refractivity contribution is -0.153. The Morgan fingerprint density at radius 3 is 2.76 bits per heavy atom. The minimum atomic E-state index is -2.25. The van der Waals surface area contributed by atoms with Gasteiger partial charge in [-0.15, -0.1) is 0 Å². The Morgan fingerprint density at radius 1 is 1.59 bits per heavy atom. The molecule has 0 saturated heterocycles. The van der Waals surface area contributed by atoms with E-state index in [1.807, 2.05) is 0 Å². The normalized spacial score (nSPS) is 14.2. The van der Waals surface area contributed by atoms with E-state index in [1.165, 1.54) is 19.1 Å².